The summed E-state index contributed by atoms with van der Waals surface area (Å²) in [6, 6.07) is 8.15. The first-order valence-corrected chi connectivity index (χ1v) is 8.28. The molecule has 1 aromatic heterocycles. The molecule has 0 bridgehead atoms. The van der Waals surface area contributed by atoms with Crippen molar-refractivity contribution < 1.29 is 4.52 Å². The Balaban J connectivity index is 1.89. The molecule has 0 aliphatic carbocycles. The third-order valence-corrected chi connectivity index (χ3v) is 5.22. The van der Waals surface area contributed by atoms with Gasteiger partial charge in [-0.15, -0.1) is 0 Å². The van der Waals surface area contributed by atoms with E-state index in [-0.39, 0.29) is 0 Å². The molecule has 100 valence electrons. The van der Waals surface area contributed by atoms with Gasteiger partial charge in [0, 0.05) is 16.1 Å². The van der Waals surface area contributed by atoms with Crippen LogP contribution in [-0.4, -0.2) is 16.7 Å². The van der Waals surface area contributed by atoms with Crippen LogP contribution in [0.25, 0.3) is 11.3 Å². The molecule has 0 unspecified atom stereocenters. The zero-order valence-electron chi connectivity index (χ0n) is 10.4. The van der Waals surface area contributed by atoms with Crippen molar-refractivity contribution in [2.45, 2.75) is 18.8 Å². The van der Waals surface area contributed by atoms with E-state index < -0.39 is 0 Å². The van der Waals surface area contributed by atoms with Gasteiger partial charge in [-0.1, -0.05) is 33.2 Å². The van der Waals surface area contributed by atoms with Crippen molar-refractivity contribution >= 4 is 33.6 Å². The van der Waals surface area contributed by atoms with Gasteiger partial charge in [-0.05, 0) is 41.9 Å². The summed E-state index contributed by atoms with van der Waals surface area (Å²) in [5.41, 5.74) is 8.77. The van der Waals surface area contributed by atoms with Crippen LogP contribution in [-0.2, 0) is 0 Å². The van der Waals surface area contributed by atoms with Crippen LogP contribution >= 0.6 is 27.7 Å². The predicted molar refractivity (Wildman–Crippen MR) is 83.4 cm³/mol. The molecule has 1 fully saturated rings. The summed E-state index contributed by atoms with van der Waals surface area (Å²) in [6.07, 6.45) is 2.53. The Morgan fingerprint density at radius 2 is 2.05 bits per heavy atom. The van der Waals surface area contributed by atoms with E-state index in [9.17, 15) is 0 Å². The normalized spacial score (nSPS) is 16.7. The summed E-state index contributed by atoms with van der Waals surface area (Å²) < 4.78 is 6.07. The molecular weight excluding hydrogens is 324 g/mol. The lowest BCUT2D eigenvalue weighted by atomic mass is 9.92. The highest BCUT2D eigenvalue weighted by molar-refractivity contribution is 9.10. The van der Waals surface area contributed by atoms with E-state index in [2.05, 4.69) is 51.0 Å². The van der Waals surface area contributed by atoms with Crippen molar-refractivity contribution in [3.05, 3.63) is 34.3 Å². The number of anilines is 1. The number of benzene rings is 1. The average Bonchev–Trinajstić information content (AvgIpc) is 2.86. The van der Waals surface area contributed by atoms with E-state index in [0.717, 1.165) is 15.7 Å². The molecule has 5 heteroatoms. The van der Waals surface area contributed by atoms with Gasteiger partial charge in [-0.25, -0.2) is 0 Å². The molecule has 0 atom stereocenters. The number of thioether (sulfide) groups is 1. The van der Waals surface area contributed by atoms with Crippen LogP contribution in [0.5, 0.6) is 0 Å². The topological polar surface area (TPSA) is 52.0 Å². The second kappa shape index (κ2) is 5.59. The highest BCUT2D eigenvalue weighted by atomic mass is 79.9. The fourth-order valence-electron chi connectivity index (χ4n) is 2.45. The van der Waals surface area contributed by atoms with Crippen LogP contribution in [0.3, 0.4) is 0 Å². The van der Waals surface area contributed by atoms with Gasteiger partial charge in [0.2, 0.25) is 5.88 Å². The first-order chi connectivity index (χ1) is 9.24. The van der Waals surface area contributed by atoms with Gasteiger partial charge >= 0.3 is 0 Å². The number of rotatable bonds is 2. The summed E-state index contributed by atoms with van der Waals surface area (Å²) in [5.74, 6) is 3.55. The van der Waals surface area contributed by atoms with Crippen LogP contribution in [0, 0.1) is 0 Å². The van der Waals surface area contributed by atoms with Gasteiger partial charge in [-0.2, -0.15) is 11.8 Å². The van der Waals surface area contributed by atoms with Crippen LogP contribution in [0.15, 0.2) is 33.3 Å². The van der Waals surface area contributed by atoms with E-state index in [0.29, 0.717) is 11.8 Å². The Kier molecular flexibility index (Phi) is 3.84. The third kappa shape index (κ3) is 2.82. The molecule has 0 amide bonds. The fourth-order valence-corrected chi connectivity index (χ4v) is 4.26. The first-order valence-electron chi connectivity index (χ1n) is 6.34. The Morgan fingerprint density at radius 1 is 1.26 bits per heavy atom. The maximum Gasteiger partial charge on any atom is 0.222 e. The molecule has 2 heterocycles. The average molecular weight is 339 g/mol. The molecule has 0 saturated carbocycles. The lowest BCUT2D eigenvalue weighted by Gasteiger charge is -2.23. The number of hydrogen-bond acceptors (Lipinski definition) is 4. The molecule has 0 spiro atoms. The van der Waals surface area contributed by atoms with Gasteiger partial charge in [0.1, 0.15) is 5.69 Å². The van der Waals surface area contributed by atoms with Crippen molar-refractivity contribution in [1.82, 2.24) is 5.16 Å². The van der Waals surface area contributed by atoms with E-state index >= 15 is 0 Å². The number of aromatic nitrogens is 1. The van der Waals surface area contributed by atoms with E-state index in [1.165, 1.54) is 29.9 Å². The van der Waals surface area contributed by atoms with Crippen molar-refractivity contribution in [2.75, 3.05) is 17.2 Å². The molecule has 3 rings (SSSR count). The van der Waals surface area contributed by atoms with Crippen molar-refractivity contribution in [1.29, 1.82) is 0 Å². The Labute approximate surface area is 125 Å². The molecule has 1 aliphatic rings. The SMILES string of the molecule is Nc1cc(-c2ccc(C3CCSCC3)c(Br)c2)no1. The summed E-state index contributed by atoms with van der Waals surface area (Å²) in [4.78, 5) is 0. The minimum atomic E-state index is 0.347. The molecule has 1 aliphatic heterocycles. The van der Waals surface area contributed by atoms with Gasteiger partial charge in [-0.3, -0.25) is 0 Å². The van der Waals surface area contributed by atoms with Crippen molar-refractivity contribution in [3.8, 4) is 11.3 Å². The molecule has 19 heavy (non-hydrogen) atoms. The minimum Gasteiger partial charge on any atom is -0.368 e. The van der Waals surface area contributed by atoms with Crippen LogP contribution < -0.4 is 5.73 Å². The molecule has 3 nitrogen and oxygen atoms in total. The minimum absolute atomic E-state index is 0.347. The van der Waals surface area contributed by atoms with E-state index in [1.54, 1.807) is 6.07 Å². The molecule has 1 aromatic carbocycles. The largest absolute Gasteiger partial charge is 0.368 e. The molecule has 2 aromatic rings. The van der Waals surface area contributed by atoms with Gasteiger partial charge < -0.3 is 10.3 Å². The van der Waals surface area contributed by atoms with Crippen LogP contribution in [0.1, 0.15) is 24.3 Å². The van der Waals surface area contributed by atoms with Crippen LogP contribution in [0.4, 0.5) is 5.88 Å². The number of nitrogens with two attached hydrogens (primary N) is 1. The Bertz CT molecular complexity index is 579. The molecule has 2 N–H and O–H groups in total. The maximum absolute atomic E-state index is 5.56. The highest BCUT2D eigenvalue weighted by Crippen LogP contribution is 2.37. The molecule has 0 radical (unpaired) electrons. The second-order valence-electron chi connectivity index (χ2n) is 4.74. The molecule has 1 saturated heterocycles. The fraction of sp³-hybridized carbons (Fsp3) is 0.357. The van der Waals surface area contributed by atoms with Crippen LogP contribution in [0.2, 0.25) is 0 Å². The van der Waals surface area contributed by atoms with Gasteiger partial charge in [0.15, 0.2) is 0 Å². The second-order valence-corrected chi connectivity index (χ2v) is 6.82. The maximum atomic E-state index is 5.56. The van der Waals surface area contributed by atoms with E-state index in [1.807, 2.05) is 0 Å². The monoisotopic (exact) mass is 338 g/mol. The Hall–Kier alpha value is -0.940. The number of halogens is 1. The van der Waals surface area contributed by atoms with Gasteiger partial charge in [0.05, 0.1) is 0 Å². The quantitative estimate of drug-likeness (QED) is 0.886. The highest BCUT2D eigenvalue weighted by Gasteiger charge is 2.18. The zero-order chi connectivity index (χ0) is 13.2. The summed E-state index contributed by atoms with van der Waals surface area (Å²) in [5, 5.41) is 3.95. The number of hydrogen-bond donors (Lipinski definition) is 1. The van der Waals surface area contributed by atoms with E-state index in [4.69, 9.17) is 10.3 Å². The standard InChI is InChI=1S/C14H15BrN2OS/c15-12-7-10(13-8-14(16)18-17-13)1-2-11(12)9-3-5-19-6-4-9/h1-2,7-9H,3-6,16H2. The zero-order valence-corrected chi connectivity index (χ0v) is 12.8. The lowest BCUT2D eigenvalue weighted by Crippen LogP contribution is -2.08. The Morgan fingerprint density at radius 3 is 2.68 bits per heavy atom. The lowest BCUT2D eigenvalue weighted by molar-refractivity contribution is 0.439. The predicted octanol–water partition coefficient (Wildman–Crippen LogP) is 4.30. The summed E-state index contributed by atoms with van der Waals surface area (Å²) >= 11 is 5.74. The smallest absolute Gasteiger partial charge is 0.222 e. The third-order valence-electron chi connectivity index (χ3n) is 3.49. The molecular formula is C14H15BrN2OS. The number of nitrogens with zero attached hydrogens (tertiary/aromatic N) is 1. The van der Waals surface area contributed by atoms with Gasteiger partial charge in [0.25, 0.3) is 0 Å². The summed E-state index contributed by atoms with van der Waals surface area (Å²) in [7, 11) is 0. The van der Waals surface area contributed by atoms with Crippen molar-refractivity contribution in [2.24, 2.45) is 0 Å². The summed E-state index contributed by atoms with van der Waals surface area (Å²) in [6.45, 7) is 0. The first kappa shape index (κ1) is 13.1. The van der Waals surface area contributed by atoms with Crippen molar-refractivity contribution in [3.63, 3.8) is 0 Å². The number of nitrogen functional groups attached to an aromatic ring is 1.